The van der Waals surface area contributed by atoms with Crippen molar-refractivity contribution in [1.82, 2.24) is 4.98 Å². The number of furan rings is 1. The monoisotopic (exact) mass is 411 g/mol. The summed E-state index contributed by atoms with van der Waals surface area (Å²) in [4.78, 5) is 4.85. The van der Waals surface area contributed by atoms with Gasteiger partial charge in [-0.3, -0.25) is 4.98 Å². The first-order valence-electron chi connectivity index (χ1n) is 11.7. The van der Waals surface area contributed by atoms with Gasteiger partial charge in [0.15, 0.2) is 0 Å². The van der Waals surface area contributed by atoms with Crippen molar-refractivity contribution in [1.29, 1.82) is 0 Å². The minimum absolute atomic E-state index is 0.272. The van der Waals surface area contributed by atoms with E-state index < -0.39 is 0 Å². The number of hydrogen-bond donors (Lipinski definition) is 0. The Morgan fingerprint density at radius 2 is 1.74 bits per heavy atom. The molecule has 2 aromatic carbocycles. The fourth-order valence-corrected chi connectivity index (χ4v) is 5.54. The molecule has 0 atom stereocenters. The molecule has 2 aromatic heterocycles. The number of benzene rings is 2. The third kappa shape index (κ3) is 3.78. The SMILES string of the molecule is Cc1cc(-c2nccc3cc(CC(C)(C)C)ccc23)c2oc(C)c(C3CCCC3)c2c1. The molecule has 1 fully saturated rings. The first kappa shape index (κ1) is 20.3. The summed E-state index contributed by atoms with van der Waals surface area (Å²) in [6.45, 7) is 11.2. The molecule has 31 heavy (non-hydrogen) atoms. The first-order valence-corrected chi connectivity index (χ1v) is 11.7. The topological polar surface area (TPSA) is 26.0 Å². The van der Waals surface area contributed by atoms with E-state index in [-0.39, 0.29) is 5.41 Å². The van der Waals surface area contributed by atoms with Crippen LogP contribution in [0.25, 0.3) is 33.0 Å². The number of nitrogens with zero attached hydrogens (tertiary/aromatic N) is 1. The minimum Gasteiger partial charge on any atom is -0.460 e. The van der Waals surface area contributed by atoms with E-state index in [1.165, 1.54) is 58.5 Å². The molecule has 160 valence electrons. The number of rotatable bonds is 3. The molecular weight excluding hydrogens is 378 g/mol. The van der Waals surface area contributed by atoms with Gasteiger partial charge in [0.05, 0.1) is 5.69 Å². The van der Waals surface area contributed by atoms with Gasteiger partial charge in [-0.25, -0.2) is 0 Å². The quantitative estimate of drug-likeness (QED) is 0.338. The number of fused-ring (bicyclic) bond motifs is 2. The van der Waals surface area contributed by atoms with Crippen molar-refractivity contribution in [3.63, 3.8) is 0 Å². The van der Waals surface area contributed by atoms with E-state index in [0.717, 1.165) is 29.0 Å². The molecule has 0 N–H and O–H groups in total. The zero-order valence-corrected chi connectivity index (χ0v) is 19.5. The summed E-state index contributed by atoms with van der Waals surface area (Å²) in [5.41, 5.74) is 7.51. The molecule has 0 bridgehead atoms. The third-order valence-electron chi connectivity index (χ3n) is 6.74. The highest BCUT2D eigenvalue weighted by Crippen LogP contribution is 2.44. The summed E-state index contributed by atoms with van der Waals surface area (Å²) >= 11 is 0. The standard InChI is InChI=1S/C29H33NO/c1-18-14-24-26(21-8-6-7-9-21)19(2)31-28(24)25(15-18)27-23-11-10-20(17-29(3,4)5)16-22(23)12-13-30-27/h10-16,21H,6-9,17H2,1-5H3. The van der Waals surface area contributed by atoms with E-state index in [1.807, 2.05) is 6.20 Å². The molecule has 0 unspecified atom stereocenters. The predicted octanol–water partition coefficient (Wildman–Crippen LogP) is 8.51. The van der Waals surface area contributed by atoms with Crippen molar-refractivity contribution >= 4 is 21.7 Å². The minimum atomic E-state index is 0.272. The van der Waals surface area contributed by atoms with Gasteiger partial charge >= 0.3 is 0 Å². The molecule has 2 heteroatoms. The maximum atomic E-state index is 6.45. The molecule has 2 nitrogen and oxygen atoms in total. The van der Waals surface area contributed by atoms with Crippen molar-refractivity contribution in [2.75, 3.05) is 0 Å². The maximum Gasteiger partial charge on any atom is 0.143 e. The molecule has 2 heterocycles. The summed E-state index contributed by atoms with van der Waals surface area (Å²) in [6, 6.07) is 13.5. The van der Waals surface area contributed by atoms with E-state index in [4.69, 9.17) is 9.40 Å². The molecule has 0 saturated heterocycles. The van der Waals surface area contributed by atoms with E-state index in [0.29, 0.717) is 5.92 Å². The molecule has 0 radical (unpaired) electrons. The highest BCUT2D eigenvalue weighted by atomic mass is 16.3. The molecule has 1 saturated carbocycles. The van der Waals surface area contributed by atoms with E-state index >= 15 is 0 Å². The average molecular weight is 412 g/mol. The molecule has 1 aliphatic rings. The summed E-state index contributed by atoms with van der Waals surface area (Å²) in [6.07, 6.45) is 8.23. The highest BCUT2D eigenvalue weighted by Gasteiger charge is 2.26. The Balaban J connectivity index is 1.69. The van der Waals surface area contributed by atoms with Crippen LogP contribution in [-0.4, -0.2) is 4.98 Å². The Kier molecular flexibility index (Phi) is 4.92. The van der Waals surface area contributed by atoms with Crippen LogP contribution in [0.4, 0.5) is 0 Å². The predicted molar refractivity (Wildman–Crippen MR) is 131 cm³/mol. The highest BCUT2D eigenvalue weighted by molar-refractivity contribution is 6.03. The van der Waals surface area contributed by atoms with Crippen LogP contribution < -0.4 is 0 Å². The summed E-state index contributed by atoms with van der Waals surface area (Å²) in [7, 11) is 0. The van der Waals surface area contributed by atoms with Crippen LogP contribution >= 0.6 is 0 Å². The molecule has 1 aliphatic carbocycles. The second kappa shape index (κ2) is 7.51. The smallest absolute Gasteiger partial charge is 0.143 e. The molecule has 5 rings (SSSR count). The van der Waals surface area contributed by atoms with Crippen molar-refractivity contribution < 1.29 is 4.42 Å². The number of pyridine rings is 1. The zero-order valence-electron chi connectivity index (χ0n) is 19.5. The van der Waals surface area contributed by atoms with Crippen LogP contribution in [0.1, 0.15) is 74.8 Å². The van der Waals surface area contributed by atoms with Gasteiger partial charge in [-0.15, -0.1) is 0 Å². The van der Waals surface area contributed by atoms with Gasteiger partial charge in [-0.1, -0.05) is 51.8 Å². The van der Waals surface area contributed by atoms with Crippen LogP contribution in [0.2, 0.25) is 0 Å². The number of hydrogen-bond acceptors (Lipinski definition) is 2. The largest absolute Gasteiger partial charge is 0.460 e. The van der Waals surface area contributed by atoms with Crippen LogP contribution in [0.5, 0.6) is 0 Å². The van der Waals surface area contributed by atoms with E-state index in [9.17, 15) is 0 Å². The Hall–Kier alpha value is -2.61. The van der Waals surface area contributed by atoms with Gasteiger partial charge in [0, 0.05) is 28.1 Å². The van der Waals surface area contributed by atoms with Gasteiger partial charge < -0.3 is 4.42 Å². The fourth-order valence-electron chi connectivity index (χ4n) is 5.54. The fraction of sp³-hybridized carbons (Fsp3) is 0.414. The summed E-state index contributed by atoms with van der Waals surface area (Å²) in [5, 5.41) is 3.74. The van der Waals surface area contributed by atoms with Crippen LogP contribution in [-0.2, 0) is 6.42 Å². The second-order valence-corrected chi connectivity index (χ2v) is 10.7. The molecule has 0 amide bonds. The second-order valence-electron chi connectivity index (χ2n) is 10.7. The number of aromatic nitrogens is 1. The molecule has 0 aliphatic heterocycles. The average Bonchev–Trinajstić information content (AvgIpc) is 3.32. The Labute approximate surface area is 185 Å². The lowest BCUT2D eigenvalue weighted by Gasteiger charge is -2.18. The van der Waals surface area contributed by atoms with Crippen LogP contribution in [0.15, 0.2) is 47.0 Å². The van der Waals surface area contributed by atoms with Gasteiger partial charge in [0.2, 0.25) is 0 Å². The molecular formula is C29H33NO. The van der Waals surface area contributed by atoms with Gasteiger partial charge in [-0.05, 0) is 79.2 Å². The van der Waals surface area contributed by atoms with E-state index in [1.54, 1.807) is 0 Å². The zero-order chi connectivity index (χ0) is 21.8. The summed E-state index contributed by atoms with van der Waals surface area (Å²) < 4.78 is 6.45. The van der Waals surface area contributed by atoms with Crippen molar-refractivity contribution in [2.24, 2.45) is 5.41 Å². The van der Waals surface area contributed by atoms with Gasteiger partial charge in [-0.2, -0.15) is 0 Å². The third-order valence-corrected chi connectivity index (χ3v) is 6.74. The van der Waals surface area contributed by atoms with Crippen molar-refractivity contribution in [3.8, 4) is 11.3 Å². The molecule has 0 spiro atoms. The van der Waals surface area contributed by atoms with Gasteiger partial charge in [0.1, 0.15) is 11.3 Å². The normalized spacial score (nSPS) is 15.4. The lowest BCUT2D eigenvalue weighted by atomic mass is 9.87. The summed E-state index contributed by atoms with van der Waals surface area (Å²) in [5.74, 6) is 1.72. The van der Waals surface area contributed by atoms with Crippen LogP contribution in [0, 0.1) is 19.3 Å². The Morgan fingerprint density at radius 3 is 2.48 bits per heavy atom. The maximum absolute atomic E-state index is 6.45. The Bertz CT molecular complexity index is 1270. The lowest BCUT2D eigenvalue weighted by molar-refractivity contribution is 0.411. The first-order chi connectivity index (χ1) is 14.8. The lowest BCUT2D eigenvalue weighted by Crippen LogP contribution is -2.08. The van der Waals surface area contributed by atoms with Crippen molar-refractivity contribution in [2.45, 2.75) is 72.6 Å². The molecule has 4 aromatic rings. The number of aryl methyl sites for hydroxylation is 2. The Morgan fingerprint density at radius 1 is 0.968 bits per heavy atom. The van der Waals surface area contributed by atoms with E-state index in [2.05, 4.69) is 71.0 Å². The van der Waals surface area contributed by atoms with Gasteiger partial charge in [0.25, 0.3) is 0 Å². The van der Waals surface area contributed by atoms with Crippen molar-refractivity contribution in [3.05, 3.63) is 65.0 Å². The van der Waals surface area contributed by atoms with Crippen LogP contribution in [0.3, 0.4) is 0 Å².